The highest BCUT2D eigenvalue weighted by molar-refractivity contribution is 5.28. The van der Waals surface area contributed by atoms with Crippen LogP contribution in [0.25, 0.3) is 0 Å². The molecule has 0 bridgehead atoms. The standard InChI is InChI=1S/C31H40F2O/c1-3-4-24-7-13-28(14-8-24)29-17-19-30(20-18-29)31(32,33)34-22-21-25-9-15-27(16-10-25)26-11-5-23(2)6-12-26/h3-4,9-10,15-20,23-24,26,28H,5-8,11-14,21-22H2,1-2H3/b4-3+/t23-,24-,26-,28-. The molecular weight excluding hydrogens is 426 g/mol. The molecule has 0 aromatic heterocycles. The van der Waals surface area contributed by atoms with E-state index in [1.165, 1.54) is 49.7 Å². The van der Waals surface area contributed by atoms with E-state index < -0.39 is 6.11 Å². The predicted octanol–water partition coefficient (Wildman–Crippen LogP) is 9.14. The van der Waals surface area contributed by atoms with Crippen molar-refractivity contribution < 1.29 is 13.5 Å². The van der Waals surface area contributed by atoms with Crippen molar-refractivity contribution in [3.63, 3.8) is 0 Å². The van der Waals surface area contributed by atoms with Crippen LogP contribution < -0.4 is 0 Å². The van der Waals surface area contributed by atoms with Gasteiger partial charge in [-0.25, -0.2) is 0 Å². The Morgan fingerprint density at radius 1 is 0.794 bits per heavy atom. The Kier molecular flexibility index (Phi) is 8.58. The predicted molar refractivity (Wildman–Crippen MR) is 136 cm³/mol. The SMILES string of the molecule is C/C=C/[C@H]1CC[C@H](c2ccc(C(F)(F)OCCc3ccc([C@H]4CC[C@H](C)CC4)cc3)cc2)CC1. The number of alkyl halides is 2. The molecule has 0 spiro atoms. The summed E-state index contributed by atoms with van der Waals surface area (Å²) in [6, 6.07) is 15.4. The summed E-state index contributed by atoms with van der Waals surface area (Å²) in [4.78, 5) is 0. The van der Waals surface area contributed by atoms with Crippen molar-refractivity contribution in [2.75, 3.05) is 6.61 Å². The van der Waals surface area contributed by atoms with Gasteiger partial charge in [-0.3, -0.25) is 0 Å². The molecule has 2 aliphatic rings. The lowest BCUT2D eigenvalue weighted by Gasteiger charge is -2.27. The molecule has 0 aliphatic heterocycles. The number of ether oxygens (including phenoxy) is 1. The highest BCUT2D eigenvalue weighted by atomic mass is 19.3. The van der Waals surface area contributed by atoms with Gasteiger partial charge in [0.1, 0.15) is 0 Å². The van der Waals surface area contributed by atoms with Crippen LogP contribution in [0.3, 0.4) is 0 Å². The van der Waals surface area contributed by atoms with Gasteiger partial charge in [0.25, 0.3) is 0 Å². The first-order valence-corrected chi connectivity index (χ1v) is 13.3. The maximum absolute atomic E-state index is 14.7. The molecule has 0 radical (unpaired) electrons. The van der Waals surface area contributed by atoms with Gasteiger partial charge in [0, 0.05) is 0 Å². The fourth-order valence-corrected chi connectivity index (χ4v) is 5.80. The fourth-order valence-electron chi connectivity index (χ4n) is 5.80. The van der Waals surface area contributed by atoms with Crippen molar-refractivity contribution >= 4 is 0 Å². The van der Waals surface area contributed by atoms with E-state index in [1.54, 1.807) is 12.1 Å². The lowest BCUT2D eigenvalue weighted by molar-refractivity contribution is -0.248. The van der Waals surface area contributed by atoms with Crippen molar-refractivity contribution in [1.29, 1.82) is 0 Å². The summed E-state index contributed by atoms with van der Waals surface area (Å²) in [5, 5.41) is 0. The minimum Gasteiger partial charge on any atom is -0.316 e. The minimum atomic E-state index is -3.26. The quantitative estimate of drug-likeness (QED) is 0.352. The third kappa shape index (κ3) is 6.56. The first-order chi connectivity index (χ1) is 16.4. The summed E-state index contributed by atoms with van der Waals surface area (Å²) in [7, 11) is 0. The molecule has 3 heteroatoms. The molecule has 2 aliphatic carbocycles. The zero-order valence-corrected chi connectivity index (χ0v) is 20.8. The van der Waals surface area contributed by atoms with Crippen LogP contribution in [0, 0.1) is 11.8 Å². The van der Waals surface area contributed by atoms with E-state index in [1.807, 2.05) is 12.1 Å². The molecule has 0 saturated heterocycles. The van der Waals surface area contributed by atoms with E-state index in [9.17, 15) is 8.78 Å². The third-order valence-electron chi connectivity index (χ3n) is 8.10. The number of allylic oxidation sites excluding steroid dienone is 2. The van der Waals surface area contributed by atoms with Crippen LogP contribution in [-0.4, -0.2) is 6.61 Å². The Morgan fingerprint density at radius 3 is 1.88 bits per heavy atom. The summed E-state index contributed by atoms with van der Waals surface area (Å²) >= 11 is 0. The Hall–Kier alpha value is -2.00. The molecular formula is C31H40F2O. The molecule has 0 unspecified atom stereocenters. The van der Waals surface area contributed by atoms with Gasteiger partial charge in [0.2, 0.25) is 0 Å². The van der Waals surface area contributed by atoms with Gasteiger partial charge in [-0.05, 0) is 92.2 Å². The van der Waals surface area contributed by atoms with Crippen molar-refractivity contribution in [2.45, 2.75) is 89.6 Å². The summed E-state index contributed by atoms with van der Waals surface area (Å²) < 4.78 is 34.4. The van der Waals surface area contributed by atoms with E-state index >= 15 is 0 Å². The second-order valence-corrected chi connectivity index (χ2v) is 10.6. The van der Waals surface area contributed by atoms with E-state index in [-0.39, 0.29) is 12.2 Å². The highest BCUT2D eigenvalue weighted by Crippen LogP contribution is 2.38. The molecule has 34 heavy (non-hydrogen) atoms. The number of halogens is 2. The van der Waals surface area contributed by atoms with Gasteiger partial charge in [0.15, 0.2) is 0 Å². The molecule has 0 atom stereocenters. The molecule has 0 amide bonds. The molecule has 4 rings (SSSR count). The average Bonchev–Trinajstić information content (AvgIpc) is 2.86. The first-order valence-electron chi connectivity index (χ1n) is 13.3. The number of hydrogen-bond donors (Lipinski definition) is 0. The maximum atomic E-state index is 14.7. The second kappa shape index (κ2) is 11.6. The monoisotopic (exact) mass is 466 g/mol. The molecule has 2 aromatic rings. The van der Waals surface area contributed by atoms with Crippen LogP contribution in [0.4, 0.5) is 8.78 Å². The fraction of sp³-hybridized carbons (Fsp3) is 0.548. The normalized spacial score (nSPS) is 26.1. The first kappa shape index (κ1) is 25.1. The van der Waals surface area contributed by atoms with Gasteiger partial charge >= 0.3 is 6.11 Å². The van der Waals surface area contributed by atoms with Crippen LogP contribution in [0.15, 0.2) is 60.7 Å². The summed E-state index contributed by atoms with van der Waals surface area (Å²) in [5.74, 6) is 2.64. The molecule has 2 aromatic carbocycles. The Labute approximate surface area is 204 Å². The lowest BCUT2D eigenvalue weighted by atomic mass is 9.78. The zero-order valence-electron chi connectivity index (χ0n) is 20.8. The smallest absolute Gasteiger partial charge is 0.316 e. The Morgan fingerprint density at radius 2 is 1.32 bits per heavy atom. The number of hydrogen-bond acceptors (Lipinski definition) is 1. The van der Waals surface area contributed by atoms with Crippen molar-refractivity contribution in [2.24, 2.45) is 11.8 Å². The molecule has 0 heterocycles. The van der Waals surface area contributed by atoms with Crippen molar-refractivity contribution in [3.8, 4) is 0 Å². The highest BCUT2D eigenvalue weighted by Gasteiger charge is 2.33. The van der Waals surface area contributed by atoms with E-state index in [0.717, 1.165) is 24.3 Å². The van der Waals surface area contributed by atoms with Gasteiger partial charge < -0.3 is 4.74 Å². The zero-order chi connectivity index (χ0) is 24.0. The van der Waals surface area contributed by atoms with Crippen LogP contribution >= 0.6 is 0 Å². The summed E-state index contributed by atoms with van der Waals surface area (Å²) in [6.45, 7) is 4.41. The van der Waals surface area contributed by atoms with E-state index in [2.05, 4.69) is 50.3 Å². The van der Waals surface area contributed by atoms with Crippen molar-refractivity contribution in [3.05, 3.63) is 82.9 Å². The van der Waals surface area contributed by atoms with Gasteiger partial charge in [-0.1, -0.05) is 80.4 Å². The van der Waals surface area contributed by atoms with E-state index in [0.29, 0.717) is 24.2 Å². The summed E-state index contributed by atoms with van der Waals surface area (Å²) in [6.07, 6.45) is 11.4. The van der Waals surface area contributed by atoms with Crippen LogP contribution in [0.5, 0.6) is 0 Å². The Bertz CT molecular complexity index is 899. The molecule has 184 valence electrons. The molecule has 1 nitrogen and oxygen atoms in total. The molecule has 2 saturated carbocycles. The number of benzene rings is 2. The minimum absolute atomic E-state index is 0.00397. The van der Waals surface area contributed by atoms with E-state index in [4.69, 9.17) is 4.74 Å². The van der Waals surface area contributed by atoms with Gasteiger partial charge in [0.05, 0.1) is 12.2 Å². The maximum Gasteiger partial charge on any atom is 0.383 e. The van der Waals surface area contributed by atoms with Crippen LogP contribution in [0.2, 0.25) is 0 Å². The Balaban J connectivity index is 1.25. The van der Waals surface area contributed by atoms with Gasteiger partial charge in [-0.15, -0.1) is 0 Å². The summed E-state index contributed by atoms with van der Waals surface area (Å²) in [5.41, 5.74) is 3.55. The number of rotatable bonds is 8. The van der Waals surface area contributed by atoms with Crippen LogP contribution in [-0.2, 0) is 17.3 Å². The van der Waals surface area contributed by atoms with Crippen LogP contribution in [0.1, 0.15) is 99.3 Å². The van der Waals surface area contributed by atoms with Gasteiger partial charge in [-0.2, -0.15) is 8.78 Å². The molecule has 0 N–H and O–H groups in total. The lowest BCUT2D eigenvalue weighted by Crippen LogP contribution is -2.20. The third-order valence-corrected chi connectivity index (χ3v) is 8.10. The molecule has 2 fully saturated rings. The van der Waals surface area contributed by atoms with Crippen molar-refractivity contribution in [1.82, 2.24) is 0 Å². The second-order valence-electron chi connectivity index (χ2n) is 10.6. The topological polar surface area (TPSA) is 9.23 Å². The average molecular weight is 467 g/mol. The largest absolute Gasteiger partial charge is 0.383 e.